The summed E-state index contributed by atoms with van der Waals surface area (Å²) in [5.41, 5.74) is 3.59. The van der Waals surface area contributed by atoms with Gasteiger partial charge in [-0.3, -0.25) is 0 Å². The Morgan fingerprint density at radius 1 is 1.05 bits per heavy atom. The standard InChI is InChI=1S/C16H13ClF2O2/c17-15(10-5-6-11-8-20-9-12(11)7-10)13-3-1-2-4-14(13)21-16(18)19/h1-7,15-16H,8-9H2. The molecule has 0 saturated carbocycles. The van der Waals surface area contributed by atoms with Crippen molar-refractivity contribution in [2.24, 2.45) is 0 Å². The molecule has 1 heterocycles. The molecule has 1 aliphatic rings. The van der Waals surface area contributed by atoms with Gasteiger partial charge in [-0.15, -0.1) is 11.6 Å². The number of ether oxygens (including phenoxy) is 2. The maximum atomic E-state index is 12.5. The highest BCUT2D eigenvalue weighted by Crippen LogP contribution is 2.37. The first-order chi connectivity index (χ1) is 10.1. The van der Waals surface area contributed by atoms with E-state index < -0.39 is 12.0 Å². The van der Waals surface area contributed by atoms with Crippen LogP contribution in [0.15, 0.2) is 42.5 Å². The molecule has 2 aromatic carbocycles. The van der Waals surface area contributed by atoms with Gasteiger partial charge in [-0.25, -0.2) is 0 Å². The third-order valence-corrected chi connectivity index (χ3v) is 3.93. The first kappa shape index (κ1) is 14.3. The van der Waals surface area contributed by atoms with Crippen LogP contribution in [0.4, 0.5) is 8.78 Å². The minimum Gasteiger partial charge on any atom is -0.434 e. The van der Waals surface area contributed by atoms with E-state index in [-0.39, 0.29) is 5.75 Å². The lowest BCUT2D eigenvalue weighted by Crippen LogP contribution is -2.06. The van der Waals surface area contributed by atoms with Crippen LogP contribution in [0.3, 0.4) is 0 Å². The fraction of sp³-hybridized carbons (Fsp3) is 0.250. The molecule has 0 fully saturated rings. The molecule has 0 saturated heterocycles. The van der Waals surface area contributed by atoms with E-state index >= 15 is 0 Å². The van der Waals surface area contributed by atoms with Gasteiger partial charge < -0.3 is 9.47 Å². The third-order valence-electron chi connectivity index (χ3n) is 3.45. The number of halogens is 3. The van der Waals surface area contributed by atoms with Crippen LogP contribution in [0.25, 0.3) is 0 Å². The summed E-state index contributed by atoms with van der Waals surface area (Å²) >= 11 is 6.46. The number of fused-ring (bicyclic) bond motifs is 1. The molecule has 0 N–H and O–H groups in total. The van der Waals surface area contributed by atoms with Gasteiger partial charge >= 0.3 is 6.61 Å². The molecule has 0 aliphatic carbocycles. The van der Waals surface area contributed by atoms with E-state index in [1.165, 1.54) is 6.07 Å². The molecule has 1 aliphatic heterocycles. The summed E-state index contributed by atoms with van der Waals surface area (Å²) in [5, 5.41) is -0.550. The monoisotopic (exact) mass is 310 g/mol. The van der Waals surface area contributed by atoms with Gasteiger partial charge in [-0.1, -0.05) is 36.4 Å². The van der Waals surface area contributed by atoms with Crippen molar-refractivity contribution in [3.8, 4) is 5.75 Å². The summed E-state index contributed by atoms with van der Waals surface area (Å²) in [6.45, 7) is -1.71. The van der Waals surface area contributed by atoms with E-state index in [0.717, 1.165) is 16.7 Å². The van der Waals surface area contributed by atoms with Crippen LogP contribution >= 0.6 is 11.6 Å². The number of hydrogen-bond acceptors (Lipinski definition) is 2. The molecule has 2 aromatic rings. The highest BCUT2D eigenvalue weighted by atomic mass is 35.5. The summed E-state index contributed by atoms with van der Waals surface area (Å²) in [7, 11) is 0. The van der Waals surface area contributed by atoms with Gasteiger partial charge in [0.25, 0.3) is 0 Å². The maximum Gasteiger partial charge on any atom is 0.387 e. The van der Waals surface area contributed by atoms with Gasteiger partial charge in [0.1, 0.15) is 5.75 Å². The van der Waals surface area contributed by atoms with Crippen LogP contribution in [0.1, 0.15) is 27.6 Å². The maximum absolute atomic E-state index is 12.5. The topological polar surface area (TPSA) is 18.5 Å². The van der Waals surface area contributed by atoms with Gasteiger partial charge in [-0.2, -0.15) is 8.78 Å². The molecule has 1 unspecified atom stereocenters. The largest absolute Gasteiger partial charge is 0.434 e. The first-order valence-electron chi connectivity index (χ1n) is 6.52. The van der Waals surface area contributed by atoms with Crippen molar-refractivity contribution in [2.45, 2.75) is 25.2 Å². The molecular formula is C16H13ClF2O2. The normalized spacial score (nSPS) is 15.0. The van der Waals surface area contributed by atoms with Gasteiger partial charge in [0.15, 0.2) is 0 Å². The highest BCUT2D eigenvalue weighted by Gasteiger charge is 2.20. The lowest BCUT2D eigenvalue weighted by molar-refractivity contribution is -0.0504. The van der Waals surface area contributed by atoms with Gasteiger partial charge in [-0.05, 0) is 22.8 Å². The average Bonchev–Trinajstić information content (AvgIpc) is 2.94. The average molecular weight is 311 g/mol. The third kappa shape index (κ3) is 3.01. The van der Waals surface area contributed by atoms with Crippen molar-refractivity contribution >= 4 is 11.6 Å². The van der Waals surface area contributed by atoms with Crippen LogP contribution in [0, 0.1) is 0 Å². The van der Waals surface area contributed by atoms with Crippen molar-refractivity contribution in [1.82, 2.24) is 0 Å². The van der Waals surface area contributed by atoms with E-state index in [9.17, 15) is 8.78 Å². The number of para-hydroxylation sites is 1. The molecular weight excluding hydrogens is 298 g/mol. The molecule has 0 radical (unpaired) electrons. The summed E-state index contributed by atoms with van der Waals surface area (Å²) in [6, 6.07) is 12.4. The Kier molecular flexibility index (Phi) is 4.08. The first-order valence-corrected chi connectivity index (χ1v) is 6.96. The Balaban J connectivity index is 1.93. The van der Waals surface area contributed by atoms with Crippen molar-refractivity contribution in [2.75, 3.05) is 0 Å². The molecule has 0 aromatic heterocycles. The Bertz CT molecular complexity index is 646. The predicted molar refractivity (Wildman–Crippen MR) is 75.7 cm³/mol. The minimum atomic E-state index is -2.87. The molecule has 0 spiro atoms. The van der Waals surface area contributed by atoms with Crippen LogP contribution in [0.5, 0.6) is 5.75 Å². The molecule has 1 atom stereocenters. The van der Waals surface area contributed by atoms with Crippen LogP contribution in [0.2, 0.25) is 0 Å². The van der Waals surface area contributed by atoms with Crippen LogP contribution in [-0.2, 0) is 18.0 Å². The van der Waals surface area contributed by atoms with Gasteiger partial charge in [0, 0.05) is 5.56 Å². The van der Waals surface area contributed by atoms with Gasteiger partial charge in [0.05, 0.1) is 18.6 Å². The van der Waals surface area contributed by atoms with Crippen LogP contribution in [-0.4, -0.2) is 6.61 Å². The Morgan fingerprint density at radius 3 is 2.62 bits per heavy atom. The van der Waals surface area contributed by atoms with Crippen molar-refractivity contribution in [3.05, 3.63) is 64.7 Å². The second kappa shape index (κ2) is 6.00. The quantitative estimate of drug-likeness (QED) is 0.766. The fourth-order valence-corrected chi connectivity index (χ4v) is 2.74. The van der Waals surface area contributed by atoms with E-state index in [1.54, 1.807) is 18.2 Å². The number of hydrogen-bond donors (Lipinski definition) is 0. The zero-order valence-corrected chi connectivity index (χ0v) is 11.8. The van der Waals surface area contributed by atoms with Crippen LogP contribution < -0.4 is 4.74 Å². The number of rotatable bonds is 4. The minimum absolute atomic E-state index is 0.101. The molecule has 21 heavy (non-hydrogen) atoms. The lowest BCUT2D eigenvalue weighted by atomic mass is 9.99. The predicted octanol–water partition coefficient (Wildman–Crippen LogP) is 4.65. The summed E-state index contributed by atoms with van der Waals surface area (Å²) in [5.74, 6) is 0.101. The molecule has 0 amide bonds. The molecule has 3 rings (SSSR count). The summed E-state index contributed by atoms with van der Waals surface area (Å²) in [4.78, 5) is 0. The highest BCUT2D eigenvalue weighted by molar-refractivity contribution is 6.22. The molecule has 2 nitrogen and oxygen atoms in total. The second-order valence-electron chi connectivity index (χ2n) is 4.80. The van der Waals surface area contributed by atoms with Crippen molar-refractivity contribution < 1.29 is 18.3 Å². The Labute approximate surface area is 126 Å². The van der Waals surface area contributed by atoms with E-state index in [4.69, 9.17) is 16.3 Å². The fourth-order valence-electron chi connectivity index (χ4n) is 2.42. The smallest absolute Gasteiger partial charge is 0.387 e. The molecule has 0 bridgehead atoms. The van der Waals surface area contributed by atoms with E-state index in [0.29, 0.717) is 18.8 Å². The zero-order chi connectivity index (χ0) is 14.8. The Hall–Kier alpha value is -1.65. The summed E-state index contributed by atoms with van der Waals surface area (Å²) < 4.78 is 34.8. The lowest BCUT2D eigenvalue weighted by Gasteiger charge is -2.16. The van der Waals surface area contributed by atoms with E-state index in [1.807, 2.05) is 18.2 Å². The van der Waals surface area contributed by atoms with Gasteiger partial charge in [0.2, 0.25) is 0 Å². The SMILES string of the molecule is FC(F)Oc1ccccc1C(Cl)c1ccc2c(c1)COC2. The Morgan fingerprint density at radius 2 is 1.81 bits per heavy atom. The number of benzene rings is 2. The molecule has 110 valence electrons. The van der Waals surface area contributed by atoms with E-state index in [2.05, 4.69) is 4.74 Å². The zero-order valence-electron chi connectivity index (χ0n) is 11.1. The second-order valence-corrected chi connectivity index (χ2v) is 5.24. The number of alkyl halides is 3. The molecule has 5 heteroatoms. The summed E-state index contributed by atoms with van der Waals surface area (Å²) in [6.07, 6.45) is 0. The van der Waals surface area contributed by atoms with Crippen molar-refractivity contribution in [1.29, 1.82) is 0 Å². The van der Waals surface area contributed by atoms with Crippen molar-refractivity contribution in [3.63, 3.8) is 0 Å².